The second kappa shape index (κ2) is 6.53. The number of hydrogen-bond acceptors (Lipinski definition) is 5. The lowest BCUT2D eigenvalue weighted by atomic mass is 10.0. The highest BCUT2D eigenvalue weighted by atomic mass is 35.5. The van der Waals surface area contributed by atoms with Gasteiger partial charge in [-0.3, -0.25) is 4.79 Å². The first kappa shape index (κ1) is 16.6. The molecule has 27 heavy (non-hydrogen) atoms. The lowest BCUT2D eigenvalue weighted by molar-refractivity contribution is 0.0734. The zero-order valence-electron chi connectivity index (χ0n) is 14.6. The molecule has 7 heteroatoms. The number of carbonyl (C=O) groups excluding carboxylic acids is 1. The van der Waals surface area contributed by atoms with Crippen LogP contribution in [0.25, 0.3) is 0 Å². The van der Waals surface area contributed by atoms with Crippen LogP contribution >= 0.6 is 11.6 Å². The minimum atomic E-state index is -0.0624. The Kier molecular flexibility index (Phi) is 4.01. The first-order valence-corrected chi connectivity index (χ1v) is 9.38. The molecular weight excluding hydrogens is 370 g/mol. The maximum Gasteiger partial charge on any atom is 0.254 e. The van der Waals surface area contributed by atoms with Gasteiger partial charge in [0.2, 0.25) is 6.79 Å². The topological polar surface area (TPSA) is 57.2 Å². The van der Waals surface area contributed by atoms with Gasteiger partial charge in [-0.2, -0.15) is 0 Å². The molecule has 1 unspecified atom stereocenters. The largest absolute Gasteiger partial charge is 0.486 e. The van der Waals surface area contributed by atoms with Crippen LogP contribution in [0.2, 0.25) is 5.02 Å². The van der Waals surface area contributed by atoms with Crippen LogP contribution in [0.5, 0.6) is 23.0 Å². The van der Waals surface area contributed by atoms with Crippen molar-refractivity contribution in [2.45, 2.75) is 18.9 Å². The molecule has 5 rings (SSSR count). The van der Waals surface area contributed by atoms with Crippen molar-refractivity contribution in [2.75, 3.05) is 26.6 Å². The molecule has 2 aromatic rings. The summed E-state index contributed by atoms with van der Waals surface area (Å²) in [5.74, 6) is 2.44. The number of rotatable bonds is 2. The average Bonchev–Trinajstić information content (AvgIpc) is 3.36. The molecule has 1 atom stereocenters. The first-order valence-electron chi connectivity index (χ1n) is 9.00. The van der Waals surface area contributed by atoms with Gasteiger partial charge in [0.15, 0.2) is 23.0 Å². The highest BCUT2D eigenvalue weighted by Crippen LogP contribution is 2.42. The summed E-state index contributed by atoms with van der Waals surface area (Å²) in [7, 11) is 0. The molecule has 0 bridgehead atoms. The Morgan fingerprint density at radius 1 is 1.00 bits per heavy atom. The number of hydrogen-bond donors (Lipinski definition) is 0. The molecule has 2 aromatic carbocycles. The van der Waals surface area contributed by atoms with E-state index in [1.807, 2.05) is 23.1 Å². The Balaban J connectivity index is 1.44. The van der Waals surface area contributed by atoms with Crippen molar-refractivity contribution >= 4 is 17.5 Å². The zero-order valence-corrected chi connectivity index (χ0v) is 15.3. The van der Waals surface area contributed by atoms with Gasteiger partial charge in [-0.05, 0) is 42.7 Å². The molecule has 6 nitrogen and oxygen atoms in total. The maximum atomic E-state index is 13.2. The van der Waals surface area contributed by atoms with Crippen LogP contribution in [0.3, 0.4) is 0 Å². The number of fused-ring (bicyclic) bond motifs is 2. The third-order valence-electron chi connectivity index (χ3n) is 5.14. The number of halogens is 1. The van der Waals surface area contributed by atoms with E-state index in [0.29, 0.717) is 41.8 Å². The van der Waals surface area contributed by atoms with Crippen molar-refractivity contribution in [1.82, 2.24) is 4.90 Å². The predicted molar refractivity (Wildman–Crippen MR) is 98.0 cm³/mol. The van der Waals surface area contributed by atoms with Crippen LogP contribution in [-0.4, -0.2) is 37.4 Å². The van der Waals surface area contributed by atoms with Crippen LogP contribution in [-0.2, 0) is 0 Å². The molecule has 0 radical (unpaired) electrons. The summed E-state index contributed by atoms with van der Waals surface area (Å²) in [6.45, 7) is 1.92. The summed E-state index contributed by atoms with van der Waals surface area (Å²) in [5, 5.41) is 0.392. The molecule has 140 valence electrons. The Labute approximate surface area is 161 Å². The van der Waals surface area contributed by atoms with Gasteiger partial charge in [0.05, 0.1) is 11.1 Å². The Morgan fingerprint density at radius 2 is 1.85 bits per heavy atom. The summed E-state index contributed by atoms with van der Waals surface area (Å²) in [6, 6.07) is 9.26. The van der Waals surface area contributed by atoms with E-state index in [4.69, 9.17) is 30.5 Å². The van der Waals surface area contributed by atoms with Gasteiger partial charge in [-0.1, -0.05) is 17.7 Å². The van der Waals surface area contributed by atoms with Gasteiger partial charge in [0.25, 0.3) is 5.91 Å². The van der Waals surface area contributed by atoms with Gasteiger partial charge >= 0.3 is 0 Å². The molecule has 0 saturated carbocycles. The van der Waals surface area contributed by atoms with E-state index < -0.39 is 0 Å². The Morgan fingerprint density at radius 3 is 2.74 bits per heavy atom. The molecule has 1 fully saturated rings. The summed E-state index contributed by atoms with van der Waals surface area (Å²) in [4.78, 5) is 15.1. The fraction of sp³-hybridized carbons (Fsp3) is 0.350. The monoisotopic (exact) mass is 387 g/mol. The van der Waals surface area contributed by atoms with Gasteiger partial charge < -0.3 is 23.8 Å². The lowest BCUT2D eigenvalue weighted by Gasteiger charge is -2.27. The Bertz CT molecular complexity index is 915. The van der Waals surface area contributed by atoms with Crippen molar-refractivity contribution in [1.29, 1.82) is 0 Å². The number of amides is 1. The Hall–Kier alpha value is -2.60. The van der Waals surface area contributed by atoms with Gasteiger partial charge in [0, 0.05) is 12.1 Å². The van der Waals surface area contributed by atoms with Crippen molar-refractivity contribution in [3.05, 3.63) is 46.5 Å². The van der Waals surface area contributed by atoms with Gasteiger partial charge in [-0.15, -0.1) is 0 Å². The standard InChI is InChI=1S/C20H18ClNO5/c21-14-8-13(10-18-19(14)27-11-26-18)20(23)22-5-1-2-15(22)12-3-4-16-17(9-12)25-7-6-24-16/h3-4,8-10,15H,1-2,5-7,11H2. The fourth-order valence-electron chi connectivity index (χ4n) is 3.88. The quantitative estimate of drug-likeness (QED) is 0.784. The van der Waals surface area contributed by atoms with E-state index in [1.165, 1.54) is 0 Å². The van der Waals surface area contributed by atoms with Gasteiger partial charge in [0.1, 0.15) is 13.2 Å². The third-order valence-corrected chi connectivity index (χ3v) is 5.42. The minimum Gasteiger partial charge on any atom is -0.486 e. The molecule has 0 aliphatic carbocycles. The second-order valence-corrected chi connectivity index (χ2v) is 7.16. The van der Waals surface area contributed by atoms with E-state index in [9.17, 15) is 4.79 Å². The van der Waals surface area contributed by atoms with Crippen LogP contribution in [0.4, 0.5) is 0 Å². The molecule has 0 aromatic heterocycles. The highest BCUT2D eigenvalue weighted by molar-refractivity contribution is 6.32. The highest BCUT2D eigenvalue weighted by Gasteiger charge is 2.32. The van der Waals surface area contributed by atoms with Crippen LogP contribution in [0, 0.1) is 0 Å². The van der Waals surface area contributed by atoms with E-state index in [0.717, 1.165) is 29.9 Å². The maximum absolute atomic E-state index is 13.2. The first-order chi connectivity index (χ1) is 13.2. The number of likely N-dealkylation sites (tertiary alicyclic amines) is 1. The van der Waals surface area contributed by atoms with E-state index >= 15 is 0 Å². The molecule has 0 spiro atoms. The molecule has 1 amide bonds. The minimum absolute atomic E-state index is 0.00229. The van der Waals surface area contributed by atoms with Crippen molar-refractivity contribution in [2.24, 2.45) is 0 Å². The number of benzene rings is 2. The third kappa shape index (κ3) is 2.84. The average molecular weight is 388 g/mol. The summed E-state index contributed by atoms with van der Waals surface area (Å²) in [6.07, 6.45) is 1.85. The smallest absolute Gasteiger partial charge is 0.254 e. The van der Waals surface area contributed by atoms with E-state index in [1.54, 1.807) is 12.1 Å². The van der Waals surface area contributed by atoms with E-state index in [-0.39, 0.29) is 18.7 Å². The molecular formula is C20H18ClNO5. The summed E-state index contributed by atoms with van der Waals surface area (Å²) in [5.41, 5.74) is 1.56. The number of carbonyl (C=O) groups is 1. The summed E-state index contributed by atoms with van der Waals surface area (Å²) < 4.78 is 22.0. The van der Waals surface area contributed by atoms with Crippen LogP contribution < -0.4 is 18.9 Å². The van der Waals surface area contributed by atoms with E-state index in [2.05, 4.69) is 0 Å². The van der Waals surface area contributed by atoms with Crippen LogP contribution in [0.1, 0.15) is 34.8 Å². The lowest BCUT2D eigenvalue weighted by Crippen LogP contribution is -2.30. The van der Waals surface area contributed by atoms with Crippen molar-refractivity contribution < 1.29 is 23.7 Å². The molecule has 0 N–H and O–H groups in total. The predicted octanol–water partition coefficient (Wildman–Crippen LogP) is 3.82. The summed E-state index contributed by atoms with van der Waals surface area (Å²) >= 11 is 6.25. The van der Waals surface area contributed by atoms with Gasteiger partial charge in [-0.25, -0.2) is 0 Å². The SMILES string of the molecule is O=C(c1cc(Cl)c2c(c1)OCO2)N1CCCC1c1ccc2c(c1)OCCO2. The zero-order chi connectivity index (χ0) is 18.4. The molecule has 3 heterocycles. The molecule has 3 aliphatic heterocycles. The number of ether oxygens (including phenoxy) is 4. The fourth-order valence-corrected chi connectivity index (χ4v) is 4.15. The van der Waals surface area contributed by atoms with Crippen molar-refractivity contribution in [3.63, 3.8) is 0 Å². The molecule has 3 aliphatic rings. The van der Waals surface area contributed by atoms with Crippen molar-refractivity contribution in [3.8, 4) is 23.0 Å². The normalized spacial score (nSPS) is 20.0. The van der Waals surface area contributed by atoms with Crippen LogP contribution in [0.15, 0.2) is 30.3 Å². The second-order valence-electron chi connectivity index (χ2n) is 6.75. The number of nitrogens with zero attached hydrogens (tertiary/aromatic N) is 1. The molecule has 1 saturated heterocycles.